The standard InChI is InChI=1S/C12H11N5O3.Na.H/c1-19-8-20-10-3-4-11-9(6-10)2-5-12(18)16(11)17-14-7-13-15-17;;/h2-7H,8H2,1H3;;. The molecule has 2 aromatic heterocycles. The van der Waals surface area contributed by atoms with Gasteiger partial charge < -0.3 is 9.47 Å². The summed E-state index contributed by atoms with van der Waals surface area (Å²) in [5, 5.41) is 12.0. The Morgan fingerprint density at radius 1 is 1.24 bits per heavy atom. The zero-order valence-corrected chi connectivity index (χ0v) is 10.6. The van der Waals surface area contributed by atoms with Crippen LogP contribution < -0.4 is 10.3 Å². The van der Waals surface area contributed by atoms with E-state index in [1.807, 2.05) is 0 Å². The minimum absolute atomic E-state index is 0. The molecule has 0 spiro atoms. The summed E-state index contributed by atoms with van der Waals surface area (Å²) in [6, 6.07) is 8.46. The summed E-state index contributed by atoms with van der Waals surface area (Å²) in [4.78, 5) is 13.1. The van der Waals surface area contributed by atoms with E-state index in [9.17, 15) is 4.79 Å². The van der Waals surface area contributed by atoms with Crippen LogP contribution in [0.3, 0.4) is 0 Å². The van der Waals surface area contributed by atoms with Gasteiger partial charge in [-0.3, -0.25) is 4.79 Å². The number of benzene rings is 1. The molecule has 0 bridgehead atoms. The molecule has 0 aliphatic carbocycles. The predicted octanol–water partition coefficient (Wildman–Crippen LogP) is -0.366. The molecule has 0 fully saturated rings. The first kappa shape index (κ1) is 15.6. The fourth-order valence-electron chi connectivity index (χ4n) is 1.86. The molecule has 3 aromatic rings. The summed E-state index contributed by atoms with van der Waals surface area (Å²) >= 11 is 0. The Bertz CT molecular complexity index is 787. The van der Waals surface area contributed by atoms with E-state index in [0.717, 1.165) is 10.3 Å². The van der Waals surface area contributed by atoms with E-state index in [4.69, 9.17) is 9.47 Å². The van der Waals surface area contributed by atoms with Crippen LogP contribution in [0, 0.1) is 0 Å². The van der Waals surface area contributed by atoms with Crippen LogP contribution in [-0.2, 0) is 4.74 Å². The van der Waals surface area contributed by atoms with Crippen molar-refractivity contribution >= 4 is 40.5 Å². The van der Waals surface area contributed by atoms with Crippen molar-refractivity contribution in [3.63, 3.8) is 0 Å². The van der Waals surface area contributed by atoms with Crippen LogP contribution in [0.5, 0.6) is 5.75 Å². The van der Waals surface area contributed by atoms with Gasteiger partial charge in [-0.15, -0.1) is 10.2 Å². The average Bonchev–Trinajstić information content (AvgIpc) is 2.98. The Morgan fingerprint density at radius 3 is 2.81 bits per heavy atom. The van der Waals surface area contributed by atoms with Gasteiger partial charge in [0.25, 0.3) is 5.56 Å². The molecule has 0 N–H and O–H groups in total. The quantitative estimate of drug-likeness (QED) is 0.483. The van der Waals surface area contributed by atoms with E-state index in [2.05, 4.69) is 15.4 Å². The molecule has 0 saturated carbocycles. The Kier molecular flexibility index (Phi) is 5.07. The van der Waals surface area contributed by atoms with Crippen molar-refractivity contribution in [1.82, 2.24) is 25.0 Å². The molecule has 1 aromatic carbocycles. The topological polar surface area (TPSA) is 84.1 Å². The molecule has 0 unspecified atom stereocenters. The molecule has 0 amide bonds. The fraction of sp³-hybridized carbons (Fsp3) is 0.167. The molecular weight excluding hydrogens is 285 g/mol. The molecule has 0 aliphatic rings. The van der Waals surface area contributed by atoms with Crippen molar-refractivity contribution in [2.24, 2.45) is 0 Å². The molecular formula is C12H12N5NaO3. The van der Waals surface area contributed by atoms with E-state index < -0.39 is 0 Å². The van der Waals surface area contributed by atoms with E-state index in [0.29, 0.717) is 11.3 Å². The van der Waals surface area contributed by atoms with Crippen molar-refractivity contribution in [2.45, 2.75) is 0 Å². The minimum atomic E-state index is -0.249. The molecule has 2 heterocycles. The second-order valence-corrected chi connectivity index (χ2v) is 3.96. The number of rotatable bonds is 4. The van der Waals surface area contributed by atoms with Crippen molar-refractivity contribution in [3.05, 3.63) is 47.0 Å². The number of pyridine rings is 1. The van der Waals surface area contributed by atoms with Gasteiger partial charge in [-0.25, -0.2) is 0 Å². The molecule has 0 saturated heterocycles. The first-order valence-corrected chi connectivity index (χ1v) is 5.81. The number of ether oxygens (including phenoxy) is 2. The van der Waals surface area contributed by atoms with Crippen molar-refractivity contribution in [3.8, 4) is 5.75 Å². The normalized spacial score (nSPS) is 10.3. The predicted molar refractivity (Wildman–Crippen MR) is 76.5 cm³/mol. The van der Waals surface area contributed by atoms with Crippen LogP contribution in [0.15, 0.2) is 41.5 Å². The van der Waals surface area contributed by atoms with Crippen LogP contribution in [0.1, 0.15) is 0 Å². The SMILES string of the molecule is COCOc1ccc2c(ccc(=O)n2-n2ncnn2)c1.[NaH]. The second kappa shape index (κ2) is 6.81. The molecule has 8 nitrogen and oxygen atoms in total. The van der Waals surface area contributed by atoms with Gasteiger partial charge in [0.15, 0.2) is 13.1 Å². The van der Waals surface area contributed by atoms with Gasteiger partial charge in [0.1, 0.15) is 5.75 Å². The average molecular weight is 297 g/mol. The van der Waals surface area contributed by atoms with Gasteiger partial charge >= 0.3 is 29.6 Å². The summed E-state index contributed by atoms with van der Waals surface area (Å²) in [5.41, 5.74) is 0.404. The molecule has 9 heteroatoms. The number of aromatic nitrogens is 5. The molecule has 0 radical (unpaired) electrons. The number of hydrogen-bond acceptors (Lipinski definition) is 6. The van der Waals surface area contributed by atoms with Crippen molar-refractivity contribution in [2.75, 3.05) is 13.9 Å². The molecule has 21 heavy (non-hydrogen) atoms. The van der Waals surface area contributed by atoms with Crippen molar-refractivity contribution in [1.29, 1.82) is 0 Å². The third-order valence-electron chi connectivity index (χ3n) is 2.70. The summed E-state index contributed by atoms with van der Waals surface area (Å²) in [6.07, 6.45) is 1.27. The van der Waals surface area contributed by atoms with Gasteiger partial charge in [-0.2, -0.15) is 4.68 Å². The number of fused-ring (bicyclic) bond motifs is 1. The number of tetrazole rings is 1. The molecule has 104 valence electrons. The summed E-state index contributed by atoms with van der Waals surface area (Å²) in [6.45, 7) is 0.162. The number of nitrogens with zero attached hydrogens (tertiary/aromatic N) is 5. The van der Waals surface area contributed by atoms with Gasteiger partial charge in [-0.05, 0) is 29.5 Å². The number of hydrogen-bond donors (Lipinski definition) is 0. The molecule has 0 aliphatic heterocycles. The van der Waals surface area contributed by atoms with E-state index in [1.54, 1.807) is 31.4 Å². The maximum atomic E-state index is 12.0. The Hall–Kier alpha value is -1.74. The van der Waals surface area contributed by atoms with E-state index >= 15 is 0 Å². The van der Waals surface area contributed by atoms with Crippen molar-refractivity contribution < 1.29 is 9.47 Å². The first-order chi connectivity index (χ1) is 9.79. The fourth-order valence-corrected chi connectivity index (χ4v) is 1.86. The van der Waals surface area contributed by atoms with Crippen LogP contribution in [-0.4, -0.2) is 68.5 Å². The van der Waals surface area contributed by atoms with Gasteiger partial charge in [0.05, 0.1) is 5.52 Å². The summed E-state index contributed by atoms with van der Waals surface area (Å²) < 4.78 is 11.5. The first-order valence-electron chi connectivity index (χ1n) is 5.81. The van der Waals surface area contributed by atoms with Crippen LogP contribution >= 0.6 is 0 Å². The van der Waals surface area contributed by atoms with Crippen LogP contribution in [0.4, 0.5) is 0 Å². The third kappa shape index (κ3) is 3.13. The molecule has 0 atom stereocenters. The zero-order valence-electron chi connectivity index (χ0n) is 10.6. The van der Waals surface area contributed by atoms with E-state index in [1.165, 1.54) is 17.1 Å². The third-order valence-corrected chi connectivity index (χ3v) is 2.70. The van der Waals surface area contributed by atoms with Gasteiger partial charge in [0.2, 0.25) is 0 Å². The zero-order chi connectivity index (χ0) is 13.9. The Labute approximate surface area is 141 Å². The van der Waals surface area contributed by atoms with Crippen LogP contribution in [0.25, 0.3) is 10.9 Å². The summed E-state index contributed by atoms with van der Waals surface area (Å²) in [7, 11) is 1.55. The maximum absolute atomic E-state index is 12.0. The number of methoxy groups -OCH3 is 1. The Balaban J connectivity index is 0.00000161. The Morgan fingerprint density at radius 2 is 2.10 bits per heavy atom. The monoisotopic (exact) mass is 297 g/mol. The summed E-state index contributed by atoms with van der Waals surface area (Å²) in [5.74, 6) is 0.649. The van der Waals surface area contributed by atoms with Gasteiger partial charge in [0, 0.05) is 18.6 Å². The second-order valence-electron chi connectivity index (χ2n) is 3.96. The van der Waals surface area contributed by atoms with Crippen LogP contribution in [0.2, 0.25) is 0 Å². The van der Waals surface area contributed by atoms with E-state index in [-0.39, 0.29) is 41.9 Å². The molecule has 3 rings (SSSR count). The van der Waals surface area contributed by atoms with Gasteiger partial charge in [-0.1, -0.05) is 4.91 Å².